The van der Waals surface area contributed by atoms with Crippen LogP contribution in [0.2, 0.25) is 0 Å². The van der Waals surface area contributed by atoms with Crippen LogP contribution in [0.4, 0.5) is 0 Å². The van der Waals surface area contributed by atoms with Crippen LogP contribution < -0.4 is 0 Å². The van der Waals surface area contributed by atoms with Gasteiger partial charge >= 0.3 is 5.97 Å². The number of rotatable bonds is 3. The van der Waals surface area contributed by atoms with Gasteiger partial charge < -0.3 is 10.1 Å². The van der Waals surface area contributed by atoms with Crippen molar-refractivity contribution in [1.82, 2.24) is 9.97 Å². The van der Waals surface area contributed by atoms with Crippen molar-refractivity contribution in [2.75, 3.05) is 0 Å². The number of aromatic nitrogens is 2. The SMILES string of the molecule is Cc1cc(Sc2cc3ccccc3[nH]2)c(C(=O)O)c(C)n1. The van der Waals surface area contributed by atoms with Gasteiger partial charge in [-0.3, -0.25) is 4.98 Å². The van der Waals surface area contributed by atoms with Gasteiger partial charge in [0.2, 0.25) is 0 Å². The van der Waals surface area contributed by atoms with Crippen molar-refractivity contribution in [3.05, 3.63) is 53.3 Å². The molecular formula is C16H14N2O2S. The van der Waals surface area contributed by atoms with Crippen molar-refractivity contribution in [1.29, 1.82) is 0 Å². The van der Waals surface area contributed by atoms with E-state index in [1.165, 1.54) is 11.8 Å². The second-order valence-corrected chi connectivity index (χ2v) is 5.93. The van der Waals surface area contributed by atoms with Gasteiger partial charge in [-0.1, -0.05) is 30.0 Å². The van der Waals surface area contributed by atoms with E-state index in [0.717, 1.165) is 21.6 Å². The molecule has 0 unspecified atom stereocenters. The van der Waals surface area contributed by atoms with Gasteiger partial charge in [0, 0.05) is 21.5 Å². The third-order valence-corrected chi connectivity index (χ3v) is 4.21. The molecule has 0 aliphatic rings. The summed E-state index contributed by atoms with van der Waals surface area (Å²) < 4.78 is 0. The highest BCUT2D eigenvalue weighted by atomic mass is 32.2. The number of carbonyl (C=O) groups is 1. The van der Waals surface area contributed by atoms with Crippen LogP contribution in [0.25, 0.3) is 10.9 Å². The zero-order valence-corrected chi connectivity index (χ0v) is 12.5. The molecule has 2 N–H and O–H groups in total. The fraction of sp³-hybridized carbons (Fsp3) is 0.125. The lowest BCUT2D eigenvalue weighted by atomic mass is 10.2. The summed E-state index contributed by atoms with van der Waals surface area (Å²) in [7, 11) is 0. The number of nitrogens with zero attached hydrogens (tertiary/aromatic N) is 1. The highest BCUT2D eigenvalue weighted by Gasteiger charge is 2.17. The molecule has 0 fully saturated rings. The predicted octanol–water partition coefficient (Wildman–Crippen LogP) is 4.03. The topological polar surface area (TPSA) is 66.0 Å². The van der Waals surface area contributed by atoms with Gasteiger partial charge in [0.15, 0.2) is 0 Å². The predicted molar refractivity (Wildman–Crippen MR) is 83.1 cm³/mol. The minimum absolute atomic E-state index is 0.268. The maximum absolute atomic E-state index is 11.5. The first-order valence-corrected chi connectivity index (χ1v) is 7.33. The highest BCUT2D eigenvalue weighted by molar-refractivity contribution is 7.99. The Balaban J connectivity index is 2.06. The van der Waals surface area contributed by atoms with Crippen LogP contribution in [0.5, 0.6) is 0 Å². The number of carboxylic acids is 1. The van der Waals surface area contributed by atoms with Crippen molar-refractivity contribution in [3.8, 4) is 0 Å². The molecule has 0 saturated heterocycles. The lowest BCUT2D eigenvalue weighted by Gasteiger charge is -2.08. The first kappa shape index (κ1) is 13.7. The largest absolute Gasteiger partial charge is 0.478 e. The van der Waals surface area contributed by atoms with Gasteiger partial charge in [-0.2, -0.15) is 0 Å². The second-order valence-electron chi connectivity index (χ2n) is 4.85. The van der Waals surface area contributed by atoms with Gasteiger partial charge in [-0.05, 0) is 32.0 Å². The van der Waals surface area contributed by atoms with E-state index in [4.69, 9.17) is 0 Å². The van der Waals surface area contributed by atoms with Crippen LogP contribution in [0.15, 0.2) is 46.3 Å². The maximum Gasteiger partial charge on any atom is 0.338 e. The number of H-pyrrole nitrogens is 1. The number of para-hydroxylation sites is 1. The van der Waals surface area contributed by atoms with E-state index in [-0.39, 0.29) is 5.56 Å². The number of pyridine rings is 1. The average molecular weight is 298 g/mol. The fourth-order valence-electron chi connectivity index (χ4n) is 2.35. The third-order valence-electron chi connectivity index (χ3n) is 3.23. The van der Waals surface area contributed by atoms with E-state index in [2.05, 4.69) is 9.97 Å². The quantitative estimate of drug-likeness (QED) is 0.766. The van der Waals surface area contributed by atoms with Crippen LogP contribution in [0, 0.1) is 13.8 Å². The Kier molecular flexibility index (Phi) is 3.43. The van der Waals surface area contributed by atoms with Crippen molar-refractivity contribution in [2.45, 2.75) is 23.8 Å². The fourth-order valence-corrected chi connectivity index (χ4v) is 3.50. The van der Waals surface area contributed by atoms with Crippen LogP contribution in [-0.2, 0) is 0 Å². The van der Waals surface area contributed by atoms with Crippen LogP contribution >= 0.6 is 11.8 Å². The van der Waals surface area contributed by atoms with Gasteiger partial charge in [-0.25, -0.2) is 4.79 Å². The summed E-state index contributed by atoms with van der Waals surface area (Å²) in [4.78, 5) is 19.7. The van der Waals surface area contributed by atoms with Crippen molar-refractivity contribution in [2.24, 2.45) is 0 Å². The van der Waals surface area contributed by atoms with Gasteiger partial charge in [0.05, 0.1) is 16.3 Å². The standard InChI is InChI=1S/C16H14N2O2S/c1-9-7-13(15(16(19)20)10(2)17-9)21-14-8-11-5-3-4-6-12(11)18-14/h3-8,18H,1-2H3,(H,19,20). The van der Waals surface area contributed by atoms with Gasteiger partial charge in [0.25, 0.3) is 0 Å². The smallest absolute Gasteiger partial charge is 0.338 e. The molecule has 0 atom stereocenters. The molecule has 5 heteroatoms. The summed E-state index contributed by atoms with van der Waals surface area (Å²) in [5.74, 6) is -0.946. The number of aryl methyl sites for hydroxylation is 2. The Morgan fingerprint density at radius 3 is 2.71 bits per heavy atom. The van der Waals surface area contributed by atoms with Crippen LogP contribution in [-0.4, -0.2) is 21.0 Å². The Morgan fingerprint density at radius 2 is 2.00 bits per heavy atom. The van der Waals surface area contributed by atoms with E-state index in [9.17, 15) is 9.90 Å². The molecule has 0 bridgehead atoms. The number of hydrogen-bond donors (Lipinski definition) is 2. The van der Waals surface area contributed by atoms with Crippen molar-refractivity contribution >= 4 is 28.6 Å². The molecule has 0 spiro atoms. The molecule has 21 heavy (non-hydrogen) atoms. The Morgan fingerprint density at radius 1 is 1.24 bits per heavy atom. The molecule has 3 rings (SSSR count). The minimum atomic E-state index is -0.946. The summed E-state index contributed by atoms with van der Waals surface area (Å²) in [5, 5.41) is 11.4. The molecule has 0 saturated carbocycles. The van der Waals surface area contributed by atoms with Crippen molar-refractivity contribution < 1.29 is 9.90 Å². The molecule has 0 aliphatic heterocycles. The zero-order chi connectivity index (χ0) is 15.0. The molecule has 4 nitrogen and oxygen atoms in total. The molecule has 0 aliphatic carbocycles. The highest BCUT2D eigenvalue weighted by Crippen LogP contribution is 2.33. The molecule has 2 aromatic heterocycles. The normalized spacial score (nSPS) is 11.0. The molecule has 0 radical (unpaired) electrons. The van der Waals surface area contributed by atoms with E-state index >= 15 is 0 Å². The van der Waals surface area contributed by atoms with E-state index < -0.39 is 5.97 Å². The molecule has 2 heterocycles. The number of benzene rings is 1. The first-order valence-electron chi connectivity index (χ1n) is 6.52. The third kappa shape index (κ3) is 2.64. The monoisotopic (exact) mass is 298 g/mol. The second kappa shape index (κ2) is 5.26. The number of carboxylic acid groups (broad SMARTS) is 1. The molecule has 106 valence electrons. The summed E-state index contributed by atoms with van der Waals surface area (Å²) in [6.07, 6.45) is 0. The molecule has 3 aromatic rings. The lowest BCUT2D eigenvalue weighted by molar-refractivity contribution is 0.0691. The Hall–Kier alpha value is -2.27. The first-order chi connectivity index (χ1) is 10.0. The number of aromatic amines is 1. The number of nitrogens with one attached hydrogen (secondary N) is 1. The summed E-state index contributed by atoms with van der Waals surface area (Å²) in [5.41, 5.74) is 2.67. The zero-order valence-electron chi connectivity index (χ0n) is 11.7. The summed E-state index contributed by atoms with van der Waals surface area (Å²) in [6, 6.07) is 11.8. The number of aromatic carboxylic acids is 1. The lowest BCUT2D eigenvalue weighted by Crippen LogP contribution is -2.05. The molecule has 1 aromatic carbocycles. The van der Waals surface area contributed by atoms with E-state index in [0.29, 0.717) is 10.6 Å². The average Bonchev–Trinajstić information content (AvgIpc) is 2.79. The Bertz CT molecular complexity index is 806. The van der Waals surface area contributed by atoms with E-state index in [1.807, 2.05) is 43.3 Å². The minimum Gasteiger partial charge on any atom is -0.478 e. The number of fused-ring (bicyclic) bond motifs is 1. The van der Waals surface area contributed by atoms with Crippen LogP contribution in [0.3, 0.4) is 0 Å². The van der Waals surface area contributed by atoms with E-state index in [1.54, 1.807) is 6.92 Å². The van der Waals surface area contributed by atoms with Gasteiger partial charge in [0.1, 0.15) is 0 Å². The maximum atomic E-state index is 11.5. The summed E-state index contributed by atoms with van der Waals surface area (Å²) >= 11 is 1.42. The summed E-state index contributed by atoms with van der Waals surface area (Å²) in [6.45, 7) is 3.60. The molecule has 0 amide bonds. The number of hydrogen-bond acceptors (Lipinski definition) is 3. The van der Waals surface area contributed by atoms with Crippen LogP contribution in [0.1, 0.15) is 21.7 Å². The molecular weight excluding hydrogens is 284 g/mol. The Labute approximate surface area is 126 Å². The van der Waals surface area contributed by atoms with Gasteiger partial charge in [-0.15, -0.1) is 0 Å². The van der Waals surface area contributed by atoms with Crippen molar-refractivity contribution in [3.63, 3.8) is 0 Å².